The Labute approximate surface area is 99.3 Å². The number of halogens is 1. The van der Waals surface area contributed by atoms with E-state index in [0.717, 1.165) is 6.07 Å². The highest BCUT2D eigenvalue weighted by atomic mass is 32.2. The Morgan fingerprint density at radius 1 is 1.47 bits per heavy atom. The summed E-state index contributed by atoms with van der Waals surface area (Å²) in [6.07, 6.45) is 0.0981. The van der Waals surface area contributed by atoms with Crippen LogP contribution < -0.4 is 9.46 Å². The minimum absolute atomic E-state index is 0.0981. The minimum atomic E-state index is -3.65. The fourth-order valence-corrected chi connectivity index (χ4v) is 2.29. The fraction of sp³-hybridized carbons (Fsp3) is 0.400. The number of sulfonamides is 1. The summed E-state index contributed by atoms with van der Waals surface area (Å²) in [7, 11) is -2.25. The van der Waals surface area contributed by atoms with Crippen molar-refractivity contribution in [3.05, 3.63) is 24.0 Å². The number of aliphatic hydroxyl groups excluding tert-OH is 1. The lowest BCUT2D eigenvalue weighted by Crippen LogP contribution is -2.18. The van der Waals surface area contributed by atoms with Gasteiger partial charge in [-0.3, -0.25) is 4.72 Å². The lowest BCUT2D eigenvalue weighted by atomic mass is 10.3. The van der Waals surface area contributed by atoms with Gasteiger partial charge in [0.15, 0.2) is 0 Å². The largest absolute Gasteiger partial charge is 0.497 e. The van der Waals surface area contributed by atoms with Crippen molar-refractivity contribution in [1.82, 2.24) is 0 Å². The van der Waals surface area contributed by atoms with Crippen LogP contribution in [0.4, 0.5) is 10.1 Å². The molecule has 1 aromatic carbocycles. The second-order valence-electron chi connectivity index (χ2n) is 3.34. The minimum Gasteiger partial charge on any atom is -0.497 e. The zero-order valence-electron chi connectivity index (χ0n) is 9.31. The Morgan fingerprint density at radius 2 is 2.18 bits per heavy atom. The van der Waals surface area contributed by atoms with Crippen LogP contribution in [0.15, 0.2) is 18.2 Å². The van der Waals surface area contributed by atoms with Gasteiger partial charge in [0.05, 0.1) is 18.6 Å². The molecule has 0 bridgehead atoms. The van der Waals surface area contributed by atoms with Gasteiger partial charge in [-0.2, -0.15) is 0 Å². The SMILES string of the molecule is COc1ccc(F)c(NS(=O)(=O)CCCO)c1. The number of ether oxygens (including phenoxy) is 1. The molecule has 0 aliphatic rings. The molecule has 2 N–H and O–H groups in total. The maximum atomic E-state index is 13.3. The molecule has 0 radical (unpaired) electrons. The zero-order chi connectivity index (χ0) is 12.9. The van der Waals surface area contributed by atoms with Gasteiger partial charge in [0, 0.05) is 12.7 Å². The highest BCUT2D eigenvalue weighted by Crippen LogP contribution is 2.22. The number of hydrogen-bond donors (Lipinski definition) is 2. The number of nitrogens with one attached hydrogen (secondary N) is 1. The zero-order valence-corrected chi connectivity index (χ0v) is 10.1. The van der Waals surface area contributed by atoms with Crippen LogP contribution in [-0.2, 0) is 10.0 Å². The van der Waals surface area contributed by atoms with Crippen LogP contribution in [0, 0.1) is 5.82 Å². The highest BCUT2D eigenvalue weighted by Gasteiger charge is 2.13. The Hall–Kier alpha value is -1.34. The quantitative estimate of drug-likeness (QED) is 0.801. The number of aliphatic hydroxyl groups is 1. The van der Waals surface area contributed by atoms with Gasteiger partial charge in [-0.15, -0.1) is 0 Å². The summed E-state index contributed by atoms with van der Waals surface area (Å²) < 4.78 is 43.3. The molecule has 0 aromatic heterocycles. The normalized spacial score (nSPS) is 11.2. The maximum Gasteiger partial charge on any atom is 0.232 e. The van der Waals surface area contributed by atoms with Gasteiger partial charge < -0.3 is 9.84 Å². The van der Waals surface area contributed by atoms with E-state index in [1.165, 1.54) is 19.2 Å². The van der Waals surface area contributed by atoms with E-state index in [-0.39, 0.29) is 24.5 Å². The standard InChI is InChI=1S/C10H14FNO4S/c1-16-8-3-4-9(11)10(7-8)12-17(14,15)6-2-5-13/h3-4,7,12-13H,2,5-6H2,1H3. The van der Waals surface area contributed by atoms with Crippen molar-refractivity contribution in [2.75, 3.05) is 24.2 Å². The number of anilines is 1. The molecule has 1 rings (SSSR count). The van der Waals surface area contributed by atoms with Gasteiger partial charge >= 0.3 is 0 Å². The van der Waals surface area contributed by atoms with Gasteiger partial charge in [-0.25, -0.2) is 12.8 Å². The van der Waals surface area contributed by atoms with Crippen LogP contribution in [0.5, 0.6) is 5.75 Å². The third-order valence-electron chi connectivity index (χ3n) is 2.01. The smallest absolute Gasteiger partial charge is 0.232 e. The third-order valence-corrected chi connectivity index (χ3v) is 3.37. The van der Waals surface area contributed by atoms with Gasteiger partial charge in [-0.05, 0) is 18.6 Å². The molecular weight excluding hydrogens is 249 g/mol. The van der Waals surface area contributed by atoms with E-state index in [0.29, 0.717) is 5.75 Å². The van der Waals surface area contributed by atoms with E-state index < -0.39 is 15.8 Å². The molecule has 0 saturated heterocycles. The van der Waals surface area contributed by atoms with Crippen molar-refractivity contribution in [2.45, 2.75) is 6.42 Å². The van der Waals surface area contributed by atoms with Crippen molar-refractivity contribution in [2.24, 2.45) is 0 Å². The Kier molecular flexibility index (Phi) is 4.71. The summed E-state index contributed by atoms with van der Waals surface area (Å²) in [6, 6.07) is 3.76. The second kappa shape index (κ2) is 5.83. The van der Waals surface area contributed by atoms with Crippen LogP contribution in [0.3, 0.4) is 0 Å². The van der Waals surface area contributed by atoms with Gasteiger partial charge in [0.2, 0.25) is 10.0 Å². The summed E-state index contributed by atoms with van der Waals surface area (Å²) in [4.78, 5) is 0. The third kappa shape index (κ3) is 4.20. The predicted molar refractivity (Wildman–Crippen MR) is 62.1 cm³/mol. The average Bonchev–Trinajstić information content (AvgIpc) is 2.29. The molecule has 0 aliphatic carbocycles. The first-order valence-corrected chi connectivity index (χ1v) is 6.58. The first-order valence-electron chi connectivity index (χ1n) is 4.93. The molecule has 17 heavy (non-hydrogen) atoms. The summed E-state index contributed by atoms with van der Waals surface area (Å²) in [5, 5.41) is 8.55. The van der Waals surface area contributed by atoms with Crippen molar-refractivity contribution in [3.8, 4) is 5.75 Å². The van der Waals surface area contributed by atoms with E-state index in [9.17, 15) is 12.8 Å². The summed E-state index contributed by atoms with van der Waals surface area (Å²) in [6.45, 7) is -0.235. The first kappa shape index (κ1) is 13.7. The lowest BCUT2D eigenvalue weighted by molar-refractivity contribution is 0.295. The van der Waals surface area contributed by atoms with E-state index in [4.69, 9.17) is 9.84 Å². The Bertz CT molecular complexity index is 475. The molecule has 0 saturated carbocycles. The topological polar surface area (TPSA) is 75.6 Å². The molecule has 0 heterocycles. The number of rotatable bonds is 6. The van der Waals surface area contributed by atoms with E-state index >= 15 is 0 Å². The second-order valence-corrected chi connectivity index (χ2v) is 5.19. The number of methoxy groups -OCH3 is 1. The maximum absolute atomic E-state index is 13.3. The molecule has 0 unspecified atom stereocenters. The fourth-order valence-electron chi connectivity index (χ4n) is 1.18. The lowest BCUT2D eigenvalue weighted by Gasteiger charge is -2.09. The molecule has 0 aliphatic heterocycles. The highest BCUT2D eigenvalue weighted by molar-refractivity contribution is 7.92. The summed E-state index contributed by atoms with van der Waals surface area (Å²) >= 11 is 0. The number of hydrogen-bond acceptors (Lipinski definition) is 4. The monoisotopic (exact) mass is 263 g/mol. The molecule has 1 aromatic rings. The summed E-state index contributed by atoms with van der Waals surface area (Å²) in [5.41, 5.74) is -0.165. The van der Waals surface area contributed by atoms with Gasteiger partial charge in [0.25, 0.3) is 0 Å². The molecule has 0 spiro atoms. The summed E-state index contributed by atoms with van der Waals surface area (Å²) in [5.74, 6) is -0.593. The van der Waals surface area contributed by atoms with Gasteiger partial charge in [-0.1, -0.05) is 0 Å². The average molecular weight is 263 g/mol. The number of benzene rings is 1. The Balaban J connectivity index is 2.87. The molecule has 7 heteroatoms. The molecule has 96 valence electrons. The first-order chi connectivity index (χ1) is 7.98. The molecular formula is C10H14FNO4S. The van der Waals surface area contributed by atoms with Crippen LogP contribution in [0.2, 0.25) is 0 Å². The molecule has 0 fully saturated rings. The van der Waals surface area contributed by atoms with Gasteiger partial charge in [0.1, 0.15) is 11.6 Å². The predicted octanol–water partition coefficient (Wildman–Crippen LogP) is 0.958. The Morgan fingerprint density at radius 3 is 2.76 bits per heavy atom. The van der Waals surface area contributed by atoms with E-state index in [1.54, 1.807) is 0 Å². The molecule has 5 nitrogen and oxygen atoms in total. The van der Waals surface area contributed by atoms with Crippen LogP contribution >= 0.6 is 0 Å². The molecule has 0 amide bonds. The van der Waals surface area contributed by atoms with Crippen LogP contribution in [0.25, 0.3) is 0 Å². The molecule has 0 atom stereocenters. The van der Waals surface area contributed by atoms with Crippen molar-refractivity contribution in [3.63, 3.8) is 0 Å². The van der Waals surface area contributed by atoms with Crippen LogP contribution in [0.1, 0.15) is 6.42 Å². The van der Waals surface area contributed by atoms with Crippen molar-refractivity contribution < 1.29 is 22.7 Å². The van der Waals surface area contributed by atoms with E-state index in [2.05, 4.69) is 4.72 Å². The van der Waals surface area contributed by atoms with Crippen LogP contribution in [-0.4, -0.2) is 33.0 Å². The van der Waals surface area contributed by atoms with E-state index in [1.807, 2.05) is 0 Å². The van der Waals surface area contributed by atoms with Crippen molar-refractivity contribution in [1.29, 1.82) is 0 Å². The van der Waals surface area contributed by atoms with Crippen molar-refractivity contribution >= 4 is 15.7 Å².